The molecule has 0 amide bonds. The van der Waals surface area contributed by atoms with Gasteiger partial charge in [-0.2, -0.15) is 8.42 Å². The van der Waals surface area contributed by atoms with Gasteiger partial charge in [0.15, 0.2) is 0 Å². The minimum atomic E-state index is -3.90. The monoisotopic (exact) mass is 478 g/mol. The first-order valence-electron chi connectivity index (χ1n) is 9.47. The maximum atomic E-state index is 12.5. The van der Waals surface area contributed by atoms with E-state index in [0.717, 1.165) is 29.4 Å². The second-order valence-corrected chi connectivity index (χ2v) is 9.81. The van der Waals surface area contributed by atoms with Gasteiger partial charge in [-0.1, -0.05) is 40.9 Å². The predicted octanol–water partition coefficient (Wildman–Crippen LogP) is 5.99. The average Bonchev–Trinajstić information content (AvgIpc) is 3.16. The van der Waals surface area contributed by atoms with Crippen molar-refractivity contribution in [2.45, 2.75) is 24.3 Å². The molecule has 1 atom stereocenters. The number of methoxy groups -OCH3 is 1. The number of benzene rings is 3. The molecule has 8 heteroatoms. The van der Waals surface area contributed by atoms with Crippen LogP contribution in [0.3, 0.4) is 0 Å². The molecular formula is C23H20Cl2O5S. The summed E-state index contributed by atoms with van der Waals surface area (Å²) in [6, 6.07) is 14.0. The number of fused-ring (bicyclic) bond motifs is 1. The molecule has 4 rings (SSSR count). The van der Waals surface area contributed by atoms with Gasteiger partial charge in [0.1, 0.15) is 22.5 Å². The largest absolute Gasteiger partial charge is 0.496 e. The van der Waals surface area contributed by atoms with E-state index in [1.54, 1.807) is 43.5 Å². The molecule has 0 radical (unpaired) electrons. The maximum Gasteiger partial charge on any atom is 0.297 e. The standard InChI is InChI=1S/C23H20Cl2O5S/c1-13-4-7-22(31(26,27)29-3)19(8-13)21-10-14-9-16(25)12-18(23(14)30-21)17-11-15(24)5-6-20(17)28-2/h4-9,11-12,21H,10H2,1-3H3. The molecule has 0 saturated heterocycles. The van der Waals surface area contributed by atoms with Crippen molar-refractivity contribution in [3.05, 3.63) is 75.3 Å². The Morgan fingerprint density at radius 1 is 0.968 bits per heavy atom. The summed E-state index contributed by atoms with van der Waals surface area (Å²) in [6.45, 7) is 1.90. The molecule has 162 valence electrons. The van der Waals surface area contributed by atoms with Crippen molar-refractivity contribution in [1.82, 2.24) is 0 Å². The Balaban J connectivity index is 1.85. The Kier molecular flexibility index (Phi) is 5.92. The van der Waals surface area contributed by atoms with Crippen LogP contribution in [0.4, 0.5) is 0 Å². The van der Waals surface area contributed by atoms with E-state index in [4.69, 9.17) is 36.9 Å². The molecule has 0 bridgehead atoms. The molecule has 0 saturated carbocycles. The summed E-state index contributed by atoms with van der Waals surface area (Å²) in [7, 11) is -1.18. The second kappa shape index (κ2) is 8.36. The van der Waals surface area contributed by atoms with Crippen molar-refractivity contribution < 1.29 is 22.1 Å². The van der Waals surface area contributed by atoms with Crippen molar-refractivity contribution >= 4 is 33.3 Å². The predicted molar refractivity (Wildman–Crippen MR) is 121 cm³/mol. The van der Waals surface area contributed by atoms with Gasteiger partial charge in [0.25, 0.3) is 10.1 Å². The van der Waals surface area contributed by atoms with Crippen molar-refractivity contribution in [2.24, 2.45) is 0 Å². The Morgan fingerprint density at radius 3 is 2.42 bits per heavy atom. The molecule has 0 spiro atoms. The topological polar surface area (TPSA) is 61.8 Å². The fourth-order valence-corrected chi connectivity index (χ4v) is 5.13. The van der Waals surface area contributed by atoms with Crippen LogP contribution in [-0.4, -0.2) is 22.6 Å². The quantitative estimate of drug-likeness (QED) is 0.421. The highest BCUT2D eigenvalue weighted by Gasteiger charge is 2.33. The second-order valence-electron chi connectivity index (χ2n) is 7.26. The molecule has 1 heterocycles. The molecule has 1 unspecified atom stereocenters. The van der Waals surface area contributed by atoms with Crippen LogP contribution < -0.4 is 9.47 Å². The number of hydrogen-bond acceptors (Lipinski definition) is 5. The molecule has 31 heavy (non-hydrogen) atoms. The summed E-state index contributed by atoms with van der Waals surface area (Å²) in [4.78, 5) is 0.0892. The van der Waals surface area contributed by atoms with Crippen LogP contribution in [0.25, 0.3) is 11.1 Å². The molecule has 5 nitrogen and oxygen atoms in total. The summed E-state index contributed by atoms with van der Waals surface area (Å²) < 4.78 is 41.6. The smallest absolute Gasteiger partial charge is 0.297 e. The Labute approximate surface area is 191 Å². The summed E-state index contributed by atoms with van der Waals surface area (Å²) in [5.74, 6) is 1.25. The van der Waals surface area contributed by atoms with Crippen molar-refractivity contribution in [1.29, 1.82) is 0 Å². The molecule has 0 N–H and O–H groups in total. The fourth-order valence-electron chi connectivity index (χ4n) is 3.83. The van der Waals surface area contributed by atoms with Crippen molar-refractivity contribution in [3.63, 3.8) is 0 Å². The van der Waals surface area contributed by atoms with E-state index >= 15 is 0 Å². The van der Waals surface area contributed by atoms with Gasteiger partial charge in [0, 0.05) is 38.7 Å². The van der Waals surface area contributed by atoms with E-state index < -0.39 is 16.2 Å². The minimum Gasteiger partial charge on any atom is -0.496 e. The van der Waals surface area contributed by atoms with E-state index in [-0.39, 0.29) is 4.90 Å². The number of aryl methyl sites for hydroxylation is 1. The summed E-state index contributed by atoms with van der Waals surface area (Å²) in [6.07, 6.45) is -0.0567. The third kappa shape index (κ3) is 4.13. The molecule has 3 aromatic rings. The molecular weight excluding hydrogens is 459 g/mol. The molecule has 0 aromatic heterocycles. The molecule has 0 fully saturated rings. The van der Waals surface area contributed by atoms with Crippen LogP contribution in [0.1, 0.15) is 22.8 Å². The van der Waals surface area contributed by atoms with Gasteiger partial charge in [-0.05, 0) is 43.3 Å². The van der Waals surface area contributed by atoms with Gasteiger partial charge in [0.2, 0.25) is 0 Å². The van der Waals surface area contributed by atoms with Crippen LogP contribution in [0.15, 0.2) is 53.4 Å². The first-order chi connectivity index (χ1) is 14.7. The van der Waals surface area contributed by atoms with E-state index in [0.29, 0.717) is 33.5 Å². The lowest BCUT2D eigenvalue weighted by Gasteiger charge is -2.18. The minimum absolute atomic E-state index is 0.0892. The number of ether oxygens (including phenoxy) is 2. The lowest BCUT2D eigenvalue weighted by molar-refractivity contribution is 0.235. The van der Waals surface area contributed by atoms with Crippen LogP contribution in [0, 0.1) is 6.92 Å². The summed E-state index contributed by atoms with van der Waals surface area (Å²) in [5, 5.41) is 1.08. The number of hydrogen-bond donors (Lipinski definition) is 0. The first kappa shape index (κ1) is 22.0. The Hall–Kier alpha value is -2.25. The SMILES string of the molecule is COc1ccc(Cl)cc1-c1cc(Cl)cc2c1OC(c1cc(C)ccc1S(=O)(=O)OC)C2. The summed E-state index contributed by atoms with van der Waals surface area (Å²) in [5.41, 5.74) is 3.80. The van der Waals surface area contributed by atoms with Crippen molar-refractivity contribution in [2.75, 3.05) is 14.2 Å². The first-order valence-corrected chi connectivity index (χ1v) is 11.6. The van der Waals surface area contributed by atoms with Crippen LogP contribution in [0.2, 0.25) is 10.0 Å². The highest BCUT2D eigenvalue weighted by Crippen LogP contribution is 2.48. The fraction of sp³-hybridized carbons (Fsp3) is 0.217. The molecule has 3 aromatic carbocycles. The van der Waals surface area contributed by atoms with Gasteiger partial charge in [0.05, 0.1) is 14.2 Å². The van der Waals surface area contributed by atoms with Gasteiger partial charge in [-0.3, -0.25) is 4.18 Å². The lowest BCUT2D eigenvalue weighted by atomic mass is 9.98. The lowest BCUT2D eigenvalue weighted by Crippen LogP contribution is -2.12. The highest BCUT2D eigenvalue weighted by molar-refractivity contribution is 7.86. The third-order valence-electron chi connectivity index (χ3n) is 5.25. The molecule has 1 aliphatic heterocycles. The Bertz CT molecular complexity index is 1270. The van der Waals surface area contributed by atoms with Crippen LogP contribution in [-0.2, 0) is 20.7 Å². The van der Waals surface area contributed by atoms with Crippen LogP contribution >= 0.6 is 23.2 Å². The highest BCUT2D eigenvalue weighted by atomic mass is 35.5. The van der Waals surface area contributed by atoms with E-state index in [9.17, 15) is 8.42 Å². The normalized spacial score (nSPS) is 15.5. The number of rotatable bonds is 5. The van der Waals surface area contributed by atoms with Gasteiger partial charge in [-0.25, -0.2) is 0 Å². The van der Waals surface area contributed by atoms with Gasteiger partial charge >= 0.3 is 0 Å². The molecule has 1 aliphatic rings. The van der Waals surface area contributed by atoms with Crippen molar-refractivity contribution in [3.8, 4) is 22.6 Å². The van der Waals surface area contributed by atoms with E-state index in [2.05, 4.69) is 0 Å². The Morgan fingerprint density at radius 2 is 1.71 bits per heavy atom. The molecule has 0 aliphatic carbocycles. The maximum absolute atomic E-state index is 12.5. The summed E-state index contributed by atoms with van der Waals surface area (Å²) >= 11 is 12.6. The zero-order chi connectivity index (χ0) is 22.3. The van der Waals surface area contributed by atoms with Gasteiger partial charge < -0.3 is 9.47 Å². The number of halogens is 2. The van der Waals surface area contributed by atoms with E-state index in [1.807, 2.05) is 19.1 Å². The van der Waals surface area contributed by atoms with E-state index in [1.165, 1.54) is 0 Å². The third-order valence-corrected chi connectivity index (χ3v) is 7.05. The zero-order valence-corrected chi connectivity index (χ0v) is 19.4. The average molecular weight is 479 g/mol. The zero-order valence-electron chi connectivity index (χ0n) is 17.1. The van der Waals surface area contributed by atoms with Crippen LogP contribution in [0.5, 0.6) is 11.5 Å². The van der Waals surface area contributed by atoms with Gasteiger partial charge in [-0.15, -0.1) is 0 Å².